The van der Waals surface area contributed by atoms with Gasteiger partial charge in [-0.15, -0.1) is 0 Å². The third-order valence-corrected chi connectivity index (χ3v) is 3.22. The molecule has 0 aromatic rings. The highest BCUT2D eigenvalue weighted by Crippen LogP contribution is 2.08. The van der Waals surface area contributed by atoms with Gasteiger partial charge >= 0.3 is 0 Å². The molecule has 1 heterocycles. The van der Waals surface area contributed by atoms with E-state index >= 15 is 0 Å². The van der Waals surface area contributed by atoms with Crippen LogP contribution in [-0.2, 0) is 0 Å². The van der Waals surface area contributed by atoms with Crippen molar-refractivity contribution in [2.45, 2.75) is 32.2 Å². The Labute approximate surface area is 88.2 Å². The van der Waals surface area contributed by atoms with Crippen molar-refractivity contribution in [2.24, 2.45) is 5.73 Å². The first-order chi connectivity index (χ1) is 6.74. The highest BCUT2D eigenvalue weighted by atomic mass is 15.3. The summed E-state index contributed by atoms with van der Waals surface area (Å²) in [4.78, 5) is 5.03. The van der Waals surface area contributed by atoms with Gasteiger partial charge < -0.3 is 15.5 Å². The van der Waals surface area contributed by atoms with Gasteiger partial charge in [0, 0.05) is 25.7 Å². The van der Waals surface area contributed by atoms with Gasteiger partial charge in [0.15, 0.2) is 0 Å². The molecule has 0 aromatic heterocycles. The van der Waals surface area contributed by atoms with E-state index in [9.17, 15) is 0 Å². The van der Waals surface area contributed by atoms with Crippen LogP contribution in [0.15, 0.2) is 0 Å². The van der Waals surface area contributed by atoms with E-state index < -0.39 is 0 Å². The average molecular weight is 199 g/mol. The molecule has 1 fully saturated rings. The second-order valence-electron chi connectivity index (χ2n) is 4.48. The Bertz CT molecular complexity index is 149. The Balaban J connectivity index is 2.07. The lowest BCUT2D eigenvalue weighted by molar-refractivity contribution is 0.104. The summed E-state index contributed by atoms with van der Waals surface area (Å²) in [6.07, 6.45) is 3.79. The van der Waals surface area contributed by atoms with Crippen LogP contribution in [0.3, 0.4) is 0 Å². The highest BCUT2D eigenvalue weighted by molar-refractivity contribution is 4.76. The number of hydrogen-bond acceptors (Lipinski definition) is 3. The molecule has 1 aliphatic rings. The zero-order chi connectivity index (χ0) is 10.4. The third-order valence-electron chi connectivity index (χ3n) is 3.22. The molecule has 3 heteroatoms. The van der Waals surface area contributed by atoms with E-state index in [1.54, 1.807) is 0 Å². The minimum absolute atomic E-state index is 0.721. The van der Waals surface area contributed by atoms with Crippen molar-refractivity contribution in [3.05, 3.63) is 0 Å². The fraction of sp³-hybridized carbons (Fsp3) is 1.00. The molecule has 0 spiro atoms. The standard InChI is InChI=1S/C11H25N3/c1-11-10-14(9-8-13(11)2)7-5-3-4-6-12/h11H,3-10,12H2,1-2H3. The summed E-state index contributed by atoms with van der Waals surface area (Å²) in [6, 6.07) is 0.721. The predicted molar refractivity (Wildman–Crippen MR) is 61.4 cm³/mol. The number of piperazine rings is 1. The molecule has 0 saturated carbocycles. The molecule has 1 rings (SSSR count). The Kier molecular flexibility index (Phi) is 5.45. The number of nitrogens with zero attached hydrogens (tertiary/aromatic N) is 2. The SMILES string of the molecule is CC1CN(CCCCCN)CCN1C. The second kappa shape index (κ2) is 6.38. The molecular formula is C11H25N3. The normalized spacial score (nSPS) is 25.5. The number of nitrogens with two attached hydrogens (primary N) is 1. The van der Waals surface area contributed by atoms with E-state index in [0.29, 0.717) is 0 Å². The monoisotopic (exact) mass is 199 g/mol. The molecule has 14 heavy (non-hydrogen) atoms. The number of unbranched alkanes of at least 4 members (excludes halogenated alkanes) is 2. The fourth-order valence-corrected chi connectivity index (χ4v) is 1.98. The van der Waals surface area contributed by atoms with Crippen LogP contribution in [0.25, 0.3) is 0 Å². The van der Waals surface area contributed by atoms with E-state index in [1.165, 1.54) is 45.4 Å². The first-order valence-electron chi connectivity index (χ1n) is 5.86. The van der Waals surface area contributed by atoms with Crippen LogP contribution in [0.5, 0.6) is 0 Å². The van der Waals surface area contributed by atoms with Gasteiger partial charge in [-0.05, 0) is 39.9 Å². The highest BCUT2D eigenvalue weighted by Gasteiger charge is 2.19. The maximum absolute atomic E-state index is 5.47. The van der Waals surface area contributed by atoms with E-state index in [4.69, 9.17) is 5.73 Å². The summed E-state index contributed by atoms with van der Waals surface area (Å²) >= 11 is 0. The molecule has 0 amide bonds. The zero-order valence-electron chi connectivity index (χ0n) is 9.71. The number of hydrogen-bond donors (Lipinski definition) is 1. The topological polar surface area (TPSA) is 32.5 Å². The molecule has 1 saturated heterocycles. The molecule has 0 bridgehead atoms. The van der Waals surface area contributed by atoms with Crippen molar-refractivity contribution in [1.29, 1.82) is 0 Å². The van der Waals surface area contributed by atoms with Crippen LogP contribution in [0, 0.1) is 0 Å². The van der Waals surface area contributed by atoms with Gasteiger partial charge in [-0.2, -0.15) is 0 Å². The summed E-state index contributed by atoms with van der Waals surface area (Å²) in [5, 5.41) is 0. The van der Waals surface area contributed by atoms with Crippen LogP contribution < -0.4 is 5.73 Å². The van der Waals surface area contributed by atoms with E-state index in [1.807, 2.05) is 0 Å². The van der Waals surface area contributed by atoms with Crippen LogP contribution in [0.4, 0.5) is 0 Å². The van der Waals surface area contributed by atoms with Crippen LogP contribution >= 0.6 is 0 Å². The smallest absolute Gasteiger partial charge is 0.0192 e. The first-order valence-corrected chi connectivity index (χ1v) is 5.86. The Hall–Kier alpha value is -0.120. The summed E-state index contributed by atoms with van der Waals surface area (Å²) in [7, 11) is 2.22. The molecule has 84 valence electrons. The van der Waals surface area contributed by atoms with Crippen molar-refractivity contribution >= 4 is 0 Å². The van der Waals surface area contributed by atoms with Gasteiger partial charge in [0.05, 0.1) is 0 Å². The Morgan fingerprint density at radius 1 is 1.21 bits per heavy atom. The second-order valence-corrected chi connectivity index (χ2v) is 4.48. The van der Waals surface area contributed by atoms with Crippen molar-refractivity contribution in [1.82, 2.24) is 9.80 Å². The van der Waals surface area contributed by atoms with E-state index in [-0.39, 0.29) is 0 Å². The maximum atomic E-state index is 5.47. The van der Waals surface area contributed by atoms with Gasteiger partial charge in [0.25, 0.3) is 0 Å². The van der Waals surface area contributed by atoms with Gasteiger partial charge in [-0.1, -0.05) is 6.42 Å². The van der Waals surface area contributed by atoms with E-state index in [0.717, 1.165) is 12.6 Å². The molecule has 2 N–H and O–H groups in total. The molecule has 0 aliphatic carbocycles. The largest absolute Gasteiger partial charge is 0.330 e. The van der Waals surface area contributed by atoms with Crippen LogP contribution in [0.2, 0.25) is 0 Å². The average Bonchev–Trinajstić information content (AvgIpc) is 2.18. The molecule has 1 atom stereocenters. The Morgan fingerprint density at radius 2 is 2.00 bits per heavy atom. The summed E-state index contributed by atoms with van der Waals surface area (Å²) < 4.78 is 0. The minimum Gasteiger partial charge on any atom is -0.330 e. The van der Waals surface area contributed by atoms with Crippen molar-refractivity contribution in [3.63, 3.8) is 0 Å². The summed E-state index contributed by atoms with van der Waals surface area (Å²) in [5.74, 6) is 0. The van der Waals surface area contributed by atoms with Gasteiger partial charge in [-0.3, -0.25) is 0 Å². The first kappa shape index (κ1) is 12.0. The lowest BCUT2D eigenvalue weighted by atomic mass is 10.1. The predicted octanol–water partition coefficient (Wildman–Crippen LogP) is 0.751. The zero-order valence-corrected chi connectivity index (χ0v) is 9.71. The molecule has 3 nitrogen and oxygen atoms in total. The molecule has 1 aliphatic heterocycles. The van der Waals surface area contributed by atoms with Crippen LogP contribution in [-0.4, -0.2) is 55.6 Å². The number of likely N-dealkylation sites (N-methyl/N-ethyl adjacent to an activating group) is 1. The minimum atomic E-state index is 0.721. The van der Waals surface area contributed by atoms with Gasteiger partial charge in [0.2, 0.25) is 0 Å². The van der Waals surface area contributed by atoms with Crippen LogP contribution in [0.1, 0.15) is 26.2 Å². The fourth-order valence-electron chi connectivity index (χ4n) is 1.98. The molecule has 0 aromatic carbocycles. The number of rotatable bonds is 5. The van der Waals surface area contributed by atoms with E-state index in [2.05, 4.69) is 23.8 Å². The summed E-state index contributed by atoms with van der Waals surface area (Å²) in [6.45, 7) is 8.12. The quantitative estimate of drug-likeness (QED) is 0.663. The summed E-state index contributed by atoms with van der Waals surface area (Å²) in [5.41, 5.74) is 5.47. The molecule has 0 radical (unpaired) electrons. The maximum Gasteiger partial charge on any atom is 0.0192 e. The van der Waals surface area contributed by atoms with Crippen molar-refractivity contribution in [2.75, 3.05) is 39.8 Å². The van der Waals surface area contributed by atoms with Crippen molar-refractivity contribution in [3.8, 4) is 0 Å². The lowest BCUT2D eigenvalue weighted by Gasteiger charge is -2.37. The van der Waals surface area contributed by atoms with Gasteiger partial charge in [0.1, 0.15) is 0 Å². The molecule has 1 unspecified atom stereocenters. The lowest BCUT2D eigenvalue weighted by Crippen LogP contribution is -2.50. The van der Waals surface area contributed by atoms with Gasteiger partial charge in [-0.25, -0.2) is 0 Å². The Morgan fingerprint density at radius 3 is 2.64 bits per heavy atom. The third kappa shape index (κ3) is 3.95. The molecular weight excluding hydrogens is 174 g/mol. The van der Waals surface area contributed by atoms with Crippen molar-refractivity contribution < 1.29 is 0 Å².